The Kier molecular flexibility index (Phi) is 21.2. The highest BCUT2D eigenvalue weighted by atomic mass is 32.2. The van der Waals surface area contributed by atoms with Gasteiger partial charge in [0.15, 0.2) is 36.0 Å². The summed E-state index contributed by atoms with van der Waals surface area (Å²) in [5.74, 6) is -1.08. The van der Waals surface area contributed by atoms with Crippen molar-refractivity contribution in [2.24, 2.45) is 14.1 Å². The van der Waals surface area contributed by atoms with Gasteiger partial charge >= 0.3 is 5.97 Å². The van der Waals surface area contributed by atoms with E-state index in [0.29, 0.717) is 57.3 Å². The average molecular weight is 1290 g/mol. The van der Waals surface area contributed by atoms with E-state index in [0.717, 1.165) is 103 Å². The van der Waals surface area contributed by atoms with Crippen LogP contribution < -0.4 is 14.3 Å². The molecule has 5 aromatic carbocycles. The van der Waals surface area contributed by atoms with Crippen molar-refractivity contribution in [3.05, 3.63) is 177 Å². The lowest BCUT2D eigenvalue weighted by Gasteiger charge is -2.29. The summed E-state index contributed by atoms with van der Waals surface area (Å²) in [7, 11) is 15.8. The molecule has 496 valence electrons. The summed E-state index contributed by atoms with van der Waals surface area (Å²) in [6.45, 7) is 21.3. The maximum atomic E-state index is 13.5. The van der Waals surface area contributed by atoms with Gasteiger partial charge in [0.05, 0.1) is 115 Å². The molecular weight excluding hydrogens is 1190 g/mol. The Hall–Kier alpha value is -7.53. The molecule has 2 aliphatic heterocycles. The molecule has 0 fully saturated rings. The molecule has 2 N–H and O–H groups in total. The molecule has 9 rings (SSSR count). The Labute approximate surface area is 550 Å². The maximum absolute atomic E-state index is 13.5. The van der Waals surface area contributed by atoms with Gasteiger partial charge < -0.3 is 37.9 Å². The van der Waals surface area contributed by atoms with E-state index in [1.807, 2.05) is 42.8 Å². The largest absolute Gasteiger partial charge is 0.478 e. The zero-order chi connectivity index (χ0) is 67.5. The standard InChI is InChI=1S/C73H97N10O9S/c1-50-38-51(2)60-26-28-64-69(62(60)39-50)72(4,5)66(80(64)30-20-32-82(10,11)12)24-18-22-53(23-19-25-67-73(6,7)70-63-43-59(93(86,87)88)40-52(3)61(63)27-29-65(70)81(67)31-21-33-83(13,14)15)68-55(44-78-46-57(76(8)74-78)48-91-36-34-89-16)41-54(71(84)85)42-56(68)45-79-47-58(77(9)75-79)49-92-37-35-90-17/h18-19,22-29,38-43,46-47H,20-21,30-37,44-45,48-49H2,1-17H3/q+3/p+2. The van der Waals surface area contributed by atoms with Crippen molar-refractivity contribution in [2.75, 3.05) is 114 Å². The predicted octanol–water partition coefficient (Wildman–Crippen LogP) is 9.77. The smallest absolute Gasteiger partial charge is 0.335 e. The van der Waals surface area contributed by atoms with Crippen molar-refractivity contribution in [2.45, 2.75) is 103 Å². The number of aromatic nitrogens is 6. The number of carboxylic acid groups (broad SMARTS) is 1. The lowest BCUT2D eigenvalue weighted by molar-refractivity contribution is -0.871. The van der Waals surface area contributed by atoms with Crippen LogP contribution in [0.4, 0.5) is 11.4 Å². The van der Waals surface area contributed by atoms with Crippen LogP contribution in [0.25, 0.3) is 27.1 Å². The summed E-state index contributed by atoms with van der Waals surface area (Å²) in [6.07, 6.45) is 18.6. The molecular formula is C73H99N10O9S+5. The first-order valence-electron chi connectivity index (χ1n) is 32.1. The van der Waals surface area contributed by atoms with E-state index in [1.165, 1.54) is 39.2 Å². The van der Waals surface area contributed by atoms with Gasteiger partial charge in [-0.15, -0.1) is 18.7 Å². The monoisotopic (exact) mass is 1290 g/mol. The summed E-state index contributed by atoms with van der Waals surface area (Å²) in [5, 5.41) is 25.1. The number of quaternary nitrogens is 2. The SMILES string of the molecule is COCCOCc1cn(Cc2cc(C(=O)O)cc(Cn3cc(COCCOC)[n+](C)n3)c2C(=C\C=C\C2=[N+](CCC[N+](C)(C)C)c3ccc4c(C)cc(C)cc4c3C2(C)C)/C=C/C=C2/N(CCC[N+](C)(C)C)c3ccc4c(C)cc(S(=O)(=O)O)cc4c3C2(C)C)n[n+]1C. The second-order valence-electron chi connectivity index (χ2n) is 28.2. The number of allylic oxidation sites excluding steroid dienone is 8. The topological polar surface area (TPSA) is 178 Å². The van der Waals surface area contributed by atoms with Crippen LogP contribution in [0.1, 0.15) is 107 Å². The van der Waals surface area contributed by atoms with Crippen LogP contribution in [-0.4, -0.2) is 172 Å². The normalized spacial score (nSPS) is 15.6. The van der Waals surface area contributed by atoms with Crippen LogP contribution in [0.15, 0.2) is 120 Å². The average Bonchev–Trinajstić information content (AvgIpc) is 1.49. The minimum absolute atomic E-state index is 0.113. The van der Waals surface area contributed by atoms with Gasteiger partial charge in [0.2, 0.25) is 5.69 Å². The molecule has 7 aromatic rings. The zero-order valence-electron chi connectivity index (χ0n) is 57.9. The molecule has 19 nitrogen and oxygen atoms in total. The third-order valence-corrected chi connectivity index (χ3v) is 18.9. The van der Waals surface area contributed by atoms with Gasteiger partial charge in [0.25, 0.3) is 10.1 Å². The molecule has 0 saturated carbocycles. The molecule has 0 atom stereocenters. The summed E-state index contributed by atoms with van der Waals surface area (Å²) in [6, 6.07) is 20.1. The Morgan fingerprint density at radius 2 is 1.25 bits per heavy atom. The number of benzene rings is 5. The summed E-state index contributed by atoms with van der Waals surface area (Å²) >= 11 is 0. The number of fused-ring (bicyclic) bond motifs is 6. The Bertz CT molecular complexity index is 4170. The molecule has 0 bridgehead atoms. The number of carbonyl (C=O) groups is 1. The molecule has 0 aliphatic carbocycles. The van der Waals surface area contributed by atoms with Crippen LogP contribution in [0.2, 0.25) is 0 Å². The summed E-state index contributed by atoms with van der Waals surface area (Å²) < 4.78 is 70.0. The van der Waals surface area contributed by atoms with Crippen molar-refractivity contribution in [3.63, 3.8) is 0 Å². The van der Waals surface area contributed by atoms with Crippen molar-refractivity contribution in [1.82, 2.24) is 19.8 Å². The lowest BCUT2D eigenvalue weighted by Crippen LogP contribution is -2.37. The molecule has 0 amide bonds. The molecule has 2 aliphatic rings. The molecule has 93 heavy (non-hydrogen) atoms. The second-order valence-corrected chi connectivity index (χ2v) is 29.6. The van der Waals surface area contributed by atoms with E-state index in [9.17, 15) is 22.9 Å². The van der Waals surface area contributed by atoms with Crippen molar-refractivity contribution >= 4 is 60.3 Å². The molecule has 0 unspecified atom stereocenters. The van der Waals surface area contributed by atoms with Gasteiger partial charge in [-0.25, -0.2) is 4.79 Å². The number of anilines is 1. The molecule has 20 heteroatoms. The van der Waals surface area contributed by atoms with Crippen molar-refractivity contribution in [3.8, 4) is 0 Å². The number of aryl methyl sites for hydroxylation is 5. The summed E-state index contributed by atoms with van der Waals surface area (Å²) in [5.41, 5.74) is 13.5. The molecule has 0 spiro atoms. The van der Waals surface area contributed by atoms with E-state index in [4.69, 9.17) is 29.4 Å². The highest BCUT2D eigenvalue weighted by molar-refractivity contribution is 7.85. The van der Waals surface area contributed by atoms with Crippen LogP contribution in [0.5, 0.6) is 0 Å². The number of hydrogen-bond donors (Lipinski definition) is 2. The van der Waals surface area contributed by atoms with Crippen LogP contribution >= 0.6 is 0 Å². The zero-order valence-corrected chi connectivity index (χ0v) is 58.7. The van der Waals surface area contributed by atoms with Crippen molar-refractivity contribution < 1.29 is 64.7 Å². The van der Waals surface area contributed by atoms with Gasteiger partial charge in [0.1, 0.15) is 40.4 Å². The molecule has 2 aromatic heterocycles. The minimum Gasteiger partial charge on any atom is -0.478 e. The lowest BCUT2D eigenvalue weighted by atomic mass is 9.78. The first kappa shape index (κ1) is 69.8. The van der Waals surface area contributed by atoms with E-state index in [-0.39, 0.29) is 23.5 Å². The first-order valence-corrected chi connectivity index (χ1v) is 33.5. The third-order valence-electron chi connectivity index (χ3n) is 18.0. The third kappa shape index (κ3) is 15.8. The van der Waals surface area contributed by atoms with Gasteiger partial charge in [-0.2, -0.15) is 13.0 Å². The predicted molar refractivity (Wildman–Crippen MR) is 366 cm³/mol. The van der Waals surface area contributed by atoms with E-state index in [1.54, 1.807) is 41.8 Å². The molecule has 0 saturated heterocycles. The number of aromatic carboxylic acids is 1. The van der Waals surface area contributed by atoms with Crippen molar-refractivity contribution in [1.29, 1.82) is 0 Å². The summed E-state index contributed by atoms with van der Waals surface area (Å²) in [4.78, 5) is 15.7. The minimum atomic E-state index is -4.53. The number of rotatable bonds is 29. The van der Waals surface area contributed by atoms with E-state index in [2.05, 4.69) is 166 Å². The second kappa shape index (κ2) is 28.2. The van der Waals surface area contributed by atoms with Gasteiger partial charge in [-0.1, -0.05) is 61.9 Å². The maximum Gasteiger partial charge on any atom is 0.335 e. The van der Waals surface area contributed by atoms with Crippen LogP contribution in [-0.2, 0) is 80.3 Å². The Balaban J connectivity index is 1.29. The van der Waals surface area contributed by atoms with Crippen LogP contribution in [0.3, 0.4) is 0 Å². The van der Waals surface area contributed by atoms with E-state index >= 15 is 0 Å². The number of methoxy groups -OCH3 is 2. The number of nitrogens with zero attached hydrogens (tertiary/aromatic N) is 10. The number of ether oxygens (including phenoxy) is 4. The van der Waals surface area contributed by atoms with Gasteiger partial charge in [-0.05, 0) is 126 Å². The Morgan fingerprint density at radius 1 is 0.688 bits per heavy atom. The fourth-order valence-corrected chi connectivity index (χ4v) is 14.2. The fourth-order valence-electron chi connectivity index (χ4n) is 13.6. The molecule has 0 radical (unpaired) electrons. The molecule has 4 heterocycles. The quantitative estimate of drug-likeness (QED) is 0.0149. The highest BCUT2D eigenvalue weighted by Gasteiger charge is 2.46. The number of carboxylic acids is 1. The first-order chi connectivity index (χ1) is 43.8. The van der Waals surface area contributed by atoms with Crippen LogP contribution in [0, 0.1) is 20.8 Å². The fraction of sp³-hybridized carbons (Fsp3) is 0.452. The highest BCUT2D eigenvalue weighted by Crippen LogP contribution is 2.52. The van der Waals surface area contributed by atoms with E-state index < -0.39 is 26.9 Å². The number of hydrogen-bond acceptors (Lipinski definition) is 10. The Morgan fingerprint density at radius 3 is 1.81 bits per heavy atom. The van der Waals surface area contributed by atoms with Gasteiger partial charge in [-0.3, -0.25) is 4.55 Å². The van der Waals surface area contributed by atoms with Gasteiger partial charge in [0, 0.05) is 72.8 Å².